The molecule has 0 radical (unpaired) electrons. The standard InChI is InChI=1S/C5H8F2N2O/c6-5(7)1-3(2-10)9-4(5)8/h3,10H,1-2H2,(H2,8,9). The number of rotatable bonds is 1. The van der Waals surface area contributed by atoms with E-state index in [1.165, 1.54) is 0 Å². The van der Waals surface area contributed by atoms with Crippen molar-refractivity contribution in [2.75, 3.05) is 6.61 Å². The second-order valence-corrected chi connectivity index (χ2v) is 2.26. The van der Waals surface area contributed by atoms with Gasteiger partial charge in [-0.05, 0) is 0 Å². The third-order valence-electron chi connectivity index (χ3n) is 1.40. The van der Waals surface area contributed by atoms with Crippen LogP contribution in [0.25, 0.3) is 0 Å². The van der Waals surface area contributed by atoms with Crippen LogP contribution in [0.15, 0.2) is 4.99 Å². The lowest BCUT2D eigenvalue weighted by atomic mass is 10.2. The zero-order chi connectivity index (χ0) is 7.78. The maximum atomic E-state index is 12.4. The summed E-state index contributed by atoms with van der Waals surface area (Å²) in [6, 6.07) is -0.713. The van der Waals surface area contributed by atoms with Crippen molar-refractivity contribution in [1.82, 2.24) is 0 Å². The van der Waals surface area contributed by atoms with E-state index in [1.807, 2.05) is 0 Å². The smallest absolute Gasteiger partial charge is 0.305 e. The largest absolute Gasteiger partial charge is 0.394 e. The molecule has 1 unspecified atom stereocenters. The van der Waals surface area contributed by atoms with Gasteiger partial charge in [0.15, 0.2) is 5.84 Å². The average Bonchev–Trinajstić information content (AvgIpc) is 2.08. The van der Waals surface area contributed by atoms with E-state index in [0.717, 1.165) is 0 Å². The molecule has 1 heterocycles. The molecule has 1 atom stereocenters. The second-order valence-electron chi connectivity index (χ2n) is 2.26. The van der Waals surface area contributed by atoms with E-state index in [2.05, 4.69) is 4.99 Å². The molecule has 3 N–H and O–H groups in total. The maximum Gasteiger partial charge on any atom is 0.305 e. The van der Waals surface area contributed by atoms with Crippen LogP contribution >= 0.6 is 0 Å². The van der Waals surface area contributed by atoms with E-state index in [9.17, 15) is 8.78 Å². The molecule has 0 spiro atoms. The van der Waals surface area contributed by atoms with Crippen molar-refractivity contribution in [3.8, 4) is 0 Å². The summed E-state index contributed by atoms with van der Waals surface area (Å²) < 4.78 is 24.8. The van der Waals surface area contributed by atoms with Crippen molar-refractivity contribution in [3.63, 3.8) is 0 Å². The molecule has 0 bridgehead atoms. The van der Waals surface area contributed by atoms with Gasteiger partial charge in [0, 0.05) is 6.42 Å². The highest BCUT2D eigenvalue weighted by Gasteiger charge is 2.42. The Balaban J connectivity index is 2.68. The second kappa shape index (κ2) is 2.16. The quantitative estimate of drug-likeness (QED) is 0.541. The number of aliphatic imine (C=N–C) groups is 1. The maximum absolute atomic E-state index is 12.4. The highest BCUT2D eigenvalue weighted by atomic mass is 19.3. The molecule has 0 aromatic heterocycles. The molecule has 58 valence electrons. The zero-order valence-electron chi connectivity index (χ0n) is 5.22. The van der Waals surface area contributed by atoms with Crippen LogP contribution in [0.4, 0.5) is 8.78 Å². The van der Waals surface area contributed by atoms with Gasteiger partial charge in [-0.3, -0.25) is 4.99 Å². The minimum atomic E-state index is -3.01. The fraction of sp³-hybridized carbons (Fsp3) is 0.800. The minimum absolute atomic E-state index is 0.365. The Morgan fingerprint density at radius 1 is 1.80 bits per heavy atom. The van der Waals surface area contributed by atoms with Gasteiger partial charge >= 0.3 is 5.92 Å². The summed E-state index contributed by atoms with van der Waals surface area (Å²) in [5, 5.41) is 8.42. The van der Waals surface area contributed by atoms with E-state index in [1.54, 1.807) is 0 Å². The Morgan fingerprint density at radius 2 is 2.40 bits per heavy atom. The monoisotopic (exact) mass is 150 g/mol. The Morgan fingerprint density at radius 3 is 2.60 bits per heavy atom. The van der Waals surface area contributed by atoms with E-state index in [4.69, 9.17) is 10.8 Å². The molecule has 5 heteroatoms. The molecule has 0 aliphatic carbocycles. The third kappa shape index (κ3) is 1.09. The number of aliphatic hydroxyl groups excluding tert-OH is 1. The molecule has 0 aromatic carbocycles. The average molecular weight is 150 g/mol. The van der Waals surface area contributed by atoms with Crippen LogP contribution in [-0.2, 0) is 0 Å². The zero-order valence-corrected chi connectivity index (χ0v) is 5.22. The predicted octanol–water partition coefficient (Wildman–Crippen LogP) is -0.257. The molecule has 1 aliphatic rings. The number of aliphatic hydroxyl groups is 1. The van der Waals surface area contributed by atoms with E-state index < -0.39 is 24.2 Å². The van der Waals surface area contributed by atoms with Crippen LogP contribution in [0.3, 0.4) is 0 Å². The van der Waals surface area contributed by atoms with E-state index in [0.29, 0.717) is 0 Å². The summed E-state index contributed by atoms with van der Waals surface area (Å²) in [5.74, 6) is -3.67. The van der Waals surface area contributed by atoms with Crippen molar-refractivity contribution < 1.29 is 13.9 Å². The number of alkyl halides is 2. The Kier molecular flexibility index (Phi) is 1.60. The lowest BCUT2D eigenvalue weighted by Crippen LogP contribution is -2.31. The number of hydrogen-bond donors (Lipinski definition) is 2. The van der Waals surface area contributed by atoms with Crippen LogP contribution < -0.4 is 5.73 Å². The first-order chi connectivity index (χ1) is 4.56. The van der Waals surface area contributed by atoms with Crippen molar-refractivity contribution in [2.24, 2.45) is 10.7 Å². The van der Waals surface area contributed by atoms with Crippen molar-refractivity contribution in [2.45, 2.75) is 18.4 Å². The fourth-order valence-electron chi connectivity index (χ4n) is 0.843. The van der Waals surface area contributed by atoms with Gasteiger partial charge in [0.05, 0.1) is 12.6 Å². The van der Waals surface area contributed by atoms with Gasteiger partial charge in [0.2, 0.25) is 0 Å². The fourth-order valence-corrected chi connectivity index (χ4v) is 0.843. The summed E-state index contributed by atoms with van der Waals surface area (Å²) >= 11 is 0. The molecular weight excluding hydrogens is 142 g/mol. The Labute approximate surface area is 56.6 Å². The van der Waals surface area contributed by atoms with Crippen molar-refractivity contribution >= 4 is 5.84 Å². The summed E-state index contributed by atoms with van der Waals surface area (Å²) in [6.45, 7) is -0.365. The van der Waals surface area contributed by atoms with Gasteiger partial charge in [0.1, 0.15) is 0 Å². The van der Waals surface area contributed by atoms with Gasteiger partial charge in [-0.25, -0.2) is 0 Å². The molecule has 0 amide bonds. The van der Waals surface area contributed by atoms with Gasteiger partial charge in [0.25, 0.3) is 0 Å². The summed E-state index contributed by atoms with van der Waals surface area (Å²) in [4.78, 5) is 3.35. The minimum Gasteiger partial charge on any atom is -0.394 e. The van der Waals surface area contributed by atoms with Gasteiger partial charge in [-0.1, -0.05) is 0 Å². The molecule has 10 heavy (non-hydrogen) atoms. The number of amidine groups is 1. The third-order valence-corrected chi connectivity index (χ3v) is 1.40. The molecular formula is C5H8F2N2O. The Hall–Kier alpha value is -0.710. The first-order valence-electron chi connectivity index (χ1n) is 2.88. The van der Waals surface area contributed by atoms with Crippen LogP contribution in [-0.4, -0.2) is 29.5 Å². The lowest BCUT2D eigenvalue weighted by Gasteiger charge is -2.07. The highest BCUT2D eigenvalue weighted by Crippen LogP contribution is 2.27. The normalized spacial score (nSPS) is 30.3. The topological polar surface area (TPSA) is 58.6 Å². The molecule has 3 nitrogen and oxygen atoms in total. The summed E-state index contributed by atoms with van der Waals surface area (Å²) in [6.07, 6.45) is -0.463. The van der Waals surface area contributed by atoms with Gasteiger partial charge in [-0.2, -0.15) is 8.78 Å². The molecule has 0 aromatic rings. The number of nitrogens with zero attached hydrogens (tertiary/aromatic N) is 1. The Bertz CT molecular complexity index is 169. The first kappa shape index (κ1) is 7.40. The number of hydrogen-bond acceptors (Lipinski definition) is 3. The van der Waals surface area contributed by atoms with Crippen LogP contribution in [0.2, 0.25) is 0 Å². The highest BCUT2D eigenvalue weighted by molar-refractivity contribution is 5.89. The predicted molar refractivity (Wildman–Crippen MR) is 32.1 cm³/mol. The van der Waals surface area contributed by atoms with Crippen LogP contribution in [0, 0.1) is 0 Å². The van der Waals surface area contributed by atoms with Gasteiger partial charge < -0.3 is 10.8 Å². The van der Waals surface area contributed by atoms with Crippen LogP contribution in [0.5, 0.6) is 0 Å². The van der Waals surface area contributed by atoms with Crippen molar-refractivity contribution in [3.05, 3.63) is 0 Å². The number of nitrogens with two attached hydrogens (primary N) is 1. The SMILES string of the molecule is NC1=NC(CO)CC1(F)F. The molecule has 1 rings (SSSR count). The molecule has 1 aliphatic heterocycles. The van der Waals surface area contributed by atoms with Crippen molar-refractivity contribution in [1.29, 1.82) is 0 Å². The van der Waals surface area contributed by atoms with E-state index >= 15 is 0 Å². The van der Waals surface area contributed by atoms with Crippen LogP contribution in [0.1, 0.15) is 6.42 Å². The molecule has 0 fully saturated rings. The number of halogens is 2. The summed E-state index contributed by atoms with van der Waals surface area (Å²) in [5.41, 5.74) is 4.87. The lowest BCUT2D eigenvalue weighted by molar-refractivity contribution is 0.0655. The molecule has 0 saturated heterocycles. The molecule has 0 saturated carbocycles. The van der Waals surface area contributed by atoms with Gasteiger partial charge in [-0.15, -0.1) is 0 Å². The van der Waals surface area contributed by atoms with E-state index in [-0.39, 0.29) is 6.61 Å². The summed E-state index contributed by atoms with van der Waals surface area (Å²) in [7, 11) is 0. The first-order valence-corrected chi connectivity index (χ1v) is 2.88.